The molecule has 2 heterocycles. The molecule has 0 bridgehead atoms. The predicted octanol–water partition coefficient (Wildman–Crippen LogP) is 2.59. The molecule has 0 fully saturated rings. The molecule has 1 N–H and O–H groups in total. The van der Waals surface area contributed by atoms with Crippen LogP contribution in [-0.2, 0) is 19.9 Å². The molecule has 114 valence electrons. The standard InChI is InChI=1S/C17H26N4/c1-5-8-19-16(11-15-6-9-18-10-7-15)12-17-13(2)20-21(4)14(17)3/h6-7,9-10,16,19H,5,8,11-12H2,1-4H3. The van der Waals surface area contributed by atoms with E-state index in [2.05, 4.69) is 48.3 Å². The molecular weight excluding hydrogens is 260 g/mol. The van der Waals surface area contributed by atoms with E-state index in [0.717, 1.165) is 31.5 Å². The first-order valence-corrected chi connectivity index (χ1v) is 7.73. The van der Waals surface area contributed by atoms with Gasteiger partial charge in [-0.15, -0.1) is 0 Å². The van der Waals surface area contributed by atoms with Crippen molar-refractivity contribution in [3.05, 3.63) is 47.0 Å². The highest BCUT2D eigenvalue weighted by molar-refractivity contribution is 5.26. The Hall–Kier alpha value is -1.68. The number of nitrogens with zero attached hydrogens (tertiary/aromatic N) is 3. The van der Waals surface area contributed by atoms with Crippen molar-refractivity contribution in [2.75, 3.05) is 6.54 Å². The summed E-state index contributed by atoms with van der Waals surface area (Å²) in [6.45, 7) is 7.51. The van der Waals surface area contributed by atoms with Crippen LogP contribution in [0.3, 0.4) is 0 Å². The molecule has 0 aromatic carbocycles. The number of aromatic nitrogens is 3. The third-order valence-corrected chi connectivity index (χ3v) is 4.02. The summed E-state index contributed by atoms with van der Waals surface area (Å²) in [5, 5.41) is 8.20. The van der Waals surface area contributed by atoms with Crippen molar-refractivity contribution in [2.24, 2.45) is 7.05 Å². The average Bonchev–Trinajstić information content (AvgIpc) is 2.72. The van der Waals surface area contributed by atoms with Gasteiger partial charge in [-0.1, -0.05) is 6.92 Å². The first-order valence-electron chi connectivity index (χ1n) is 7.73. The van der Waals surface area contributed by atoms with E-state index in [1.165, 1.54) is 16.8 Å². The van der Waals surface area contributed by atoms with Crippen molar-refractivity contribution in [2.45, 2.75) is 46.1 Å². The molecule has 2 aromatic heterocycles. The molecule has 0 aliphatic heterocycles. The normalized spacial score (nSPS) is 12.6. The molecule has 0 saturated heterocycles. The summed E-state index contributed by atoms with van der Waals surface area (Å²) in [6, 6.07) is 4.64. The Morgan fingerprint density at radius 3 is 2.48 bits per heavy atom. The minimum absolute atomic E-state index is 0.439. The van der Waals surface area contributed by atoms with E-state index in [9.17, 15) is 0 Å². The van der Waals surface area contributed by atoms with Crippen LogP contribution < -0.4 is 5.32 Å². The van der Waals surface area contributed by atoms with Crippen LogP contribution in [0.4, 0.5) is 0 Å². The van der Waals surface area contributed by atoms with Crippen molar-refractivity contribution in [1.29, 1.82) is 0 Å². The maximum absolute atomic E-state index is 4.53. The minimum Gasteiger partial charge on any atom is -0.313 e. The summed E-state index contributed by atoms with van der Waals surface area (Å²) in [5.41, 5.74) is 5.12. The van der Waals surface area contributed by atoms with Crippen LogP contribution >= 0.6 is 0 Å². The molecule has 0 saturated carbocycles. The SMILES string of the molecule is CCCNC(Cc1ccncc1)Cc1c(C)nn(C)c1C. The zero-order valence-electron chi connectivity index (χ0n) is 13.6. The van der Waals surface area contributed by atoms with Gasteiger partial charge in [0.1, 0.15) is 0 Å². The zero-order valence-corrected chi connectivity index (χ0v) is 13.6. The van der Waals surface area contributed by atoms with Gasteiger partial charge >= 0.3 is 0 Å². The fraction of sp³-hybridized carbons (Fsp3) is 0.529. The van der Waals surface area contributed by atoms with Gasteiger partial charge in [-0.25, -0.2) is 0 Å². The van der Waals surface area contributed by atoms with E-state index in [4.69, 9.17) is 0 Å². The van der Waals surface area contributed by atoms with Crippen molar-refractivity contribution < 1.29 is 0 Å². The van der Waals surface area contributed by atoms with Gasteiger partial charge in [-0.05, 0) is 62.9 Å². The smallest absolute Gasteiger partial charge is 0.0628 e. The molecular formula is C17H26N4. The first kappa shape index (κ1) is 15.7. The van der Waals surface area contributed by atoms with E-state index in [-0.39, 0.29) is 0 Å². The van der Waals surface area contributed by atoms with Crippen molar-refractivity contribution >= 4 is 0 Å². The Balaban J connectivity index is 2.12. The van der Waals surface area contributed by atoms with E-state index in [0.29, 0.717) is 6.04 Å². The molecule has 1 atom stereocenters. The average molecular weight is 286 g/mol. The third kappa shape index (κ3) is 4.14. The molecule has 1 unspecified atom stereocenters. The molecule has 0 spiro atoms. The second kappa shape index (κ2) is 7.36. The van der Waals surface area contributed by atoms with Gasteiger partial charge in [0.25, 0.3) is 0 Å². The van der Waals surface area contributed by atoms with Crippen LogP contribution in [0.1, 0.15) is 35.9 Å². The lowest BCUT2D eigenvalue weighted by Gasteiger charge is -2.19. The second-order valence-corrected chi connectivity index (χ2v) is 5.69. The highest BCUT2D eigenvalue weighted by Gasteiger charge is 2.16. The maximum atomic E-state index is 4.53. The van der Waals surface area contributed by atoms with Crippen LogP contribution in [0.2, 0.25) is 0 Å². The highest BCUT2D eigenvalue weighted by Crippen LogP contribution is 2.16. The lowest BCUT2D eigenvalue weighted by molar-refractivity contribution is 0.503. The summed E-state index contributed by atoms with van der Waals surface area (Å²) < 4.78 is 1.98. The van der Waals surface area contributed by atoms with Crippen LogP contribution in [0.25, 0.3) is 0 Å². The van der Waals surface area contributed by atoms with Gasteiger partial charge < -0.3 is 5.32 Å². The minimum atomic E-state index is 0.439. The van der Waals surface area contributed by atoms with E-state index >= 15 is 0 Å². The van der Waals surface area contributed by atoms with E-state index < -0.39 is 0 Å². The number of hydrogen-bond acceptors (Lipinski definition) is 3. The summed E-state index contributed by atoms with van der Waals surface area (Å²) in [7, 11) is 2.02. The lowest BCUT2D eigenvalue weighted by Crippen LogP contribution is -2.34. The van der Waals surface area contributed by atoms with E-state index in [1.807, 2.05) is 24.1 Å². The summed E-state index contributed by atoms with van der Waals surface area (Å²) >= 11 is 0. The fourth-order valence-corrected chi connectivity index (χ4v) is 2.73. The van der Waals surface area contributed by atoms with Gasteiger partial charge in [0.2, 0.25) is 0 Å². The van der Waals surface area contributed by atoms with Crippen molar-refractivity contribution in [1.82, 2.24) is 20.1 Å². The number of hydrogen-bond donors (Lipinski definition) is 1. The van der Waals surface area contributed by atoms with Gasteiger partial charge in [0.05, 0.1) is 5.69 Å². The Labute approximate surface area is 127 Å². The predicted molar refractivity (Wildman–Crippen MR) is 86.4 cm³/mol. The van der Waals surface area contributed by atoms with Crippen molar-refractivity contribution in [3.8, 4) is 0 Å². The van der Waals surface area contributed by atoms with Gasteiger partial charge in [0, 0.05) is 31.2 Å². The summed E-state index contributed by atoms with van der Waals surface area (Å²) in [4.78, 5) is 4.10. The van der Waals surface area contributed by atoms with Gasteiger partial charge in [-0.3, -0.25) is 9.67 Å². The van der Waals surface area contributed by atoms with Crippen LogP contribution in [-0.4, -0.2) is 27.4 Å². The zero-order chi connectivity index (χ0) is 15.2. The Morgan fingerprint density at radius 2 is 1.90 bits per heavy atom. The lowest BCUT2D eigenvalue weighted by atomic mass is 9.98. The van der Waals surface area contributed by atoms with E-state index in [1.54, 1.807) is 0 Å². The third-order valence-electron chi connectivity index (χ3n) is 4.02. The molecule has 4 heteroatoms. The molecule has 0 amide bonds. The fourth-order valence-electron chi connectivity index (χ4n) is 2.73. The summed E-state index contributed by atoms with van der Waals surface area (Å²) in [5.74, 6) is 0. The molecule has 0 radical (unpaired) electrons. The molecule has 0 aliphatic rings. The Bertz CT molecular complexity index is 560. The number of rotatable bonds is 7. The second-order valence-electron chi connectivity index (χ2n) is 5.69. The number of aryl methyl sites for hydroxylation is 2. The largest absolute Gasteiger partial charge is 0.313 e. The monoisotopic (exact) mass is 286 g/mol. The Morgan fingerprint density at radius 1 is 1.19 bits per heavy atom. The van der Waals surface area contributed by atoms with Gasteiger partial charge in [0.15, 0.2) is 0 Å². The number of nitrogens with one attached hydrogen (secondary N) is 1. The van der Waals surface area contributed by atoms with Crippen LogP contribution in [0, 0.1) is 13.8 Å². The molecule has 0 aliphatic carbocycles. The summed E-state index contributed by atoms with van der Waals surface area (Å²) in [6.07, 6.45) is 6.93. The quantitative estimate of drug-likeness (QED) is 0.850. The molecule has 4 nitrogen and oxygen atoms in total. The first-order chi connectivity index (χ1) is 10.1. The van der Waals surface area contributed by atoms with Gasteiger partial charge in [-0.2, -0.15) is 5.10 Å². The highest BCUT2D eigenvalue weighted by atomic mass is 15.3. The van der Waals surface area contributed by atoms with Crippen LogP contribution in [0.15, 0.2) is 24.5 Å². The van der Waals surface area contributed by atoms with Crippen molar-refractivity contribution in [3.63, 3.8) is 0 Å². The maximum Gasteiger partial charge on any atom is 0.0628 e. The van der Waals surface area contributed by atoms with Crippen LogP contribution in [0.5, 0.6) is 0 Å². The molecule has 2 aromatic rings. The Kier molecular flexibility index (Phi) is 5.51. The number of pyridine rings is 1. The molecule has 21 heavy (non-hydrogen) atoms. The molecule has 2 rings (SSSR count). The topological polar surface area (TPSA) is 42.7 Å².